The van der Waals surface area contributed by atoms with Crippen molar-refractivity contribution in [3.8, 4) is 0 Å². The Bertz CT molecular complexity index is 400. The van der Waals surface area contributed by atoms with Crippen LogP contribution in [0.1, 0.15) is 18.9 Å². The molecule has 1 aromatic rings. The van der Waals surface area contributed by atoms with Crippen LogP contribution in [0.15, 0.2) is 12.3 Å². The summed E-state index contributed by atoms with van der Waals surface area (Å²) < 4.78 is 5.36. The van der Waals surface area contributed by atoms with E-state index in [4.69, 9.17) is 16.3 Å². The standard InChI is InChI=1S/C13H20ClN3O/c1-3-15-7-10-6-12(14)13(16-8-10)17-5-4-11(9-17)18-2/h6,8,11,15H,3-5,7,9H2,1-2H3. The SMILES string of the molecule is CCNCc1cnc(N2CCC(OC)C2)c(Cl)c1. The van der Waals surface area contributed by atoms with Gasteiger partial charge in [0.05, 0.1) is 11.1 Å². The molecule has 4 nitrogen and oxygen atoms in total. The quantitative estimate of drug-likeness (QED) is 0.888. The summed E-state index contributed by atoms with van der Waals surface area (Å²) in [4.78, 5) is 6.67. The van der Waals surface area contributed by atoms with Crippen molar-refractivity contribution in [2.45, 2.75) is 26.0 Å². The second kappa shape index (κ2) is 6.36. The van der Waals surface area contributed by atoms with Crippen molar-refractivity contribution in [3.05, 3.63) is 22.8 Å². The van der Waals surface area contributed by atoms with Crippen molar-refractivity contribution in [1.82, 2.24) is 10.3 Å². The van der Waals surface area contributed by atoms with Crippen LogP contribution in [0.2, 0.25) is 5.02 Å². The number of pyridine rings is 1. The molecule has 1 aromatic heterocycles. The van der Waals surface area contributed by atoms with Crippen molar-refractivity contribution in [2.75, 3.05) is 31.6 Å². The van der Waals surface area contributed by atoms with Gasteiger partial charge in [0, 0.05) is 32.9 Å². The fourth-order valence-corrected chi connectivity index (χ4v) is 2.49. The predicted molar refractivity (Wildman–Crippen MR) is 74.3 cm³/mol. The number of nitrogens with zero attached hydrogens (tertiary/aromatic N) is 2. The Labute approximate surface area is 113 Å². The highest BCUT2D eigenvalue weighted by Gasteiger charge is 2.24. The highest BCUT2D eigenvalue weighted by atomic mass is 35.5. The van der Waals surface area contributed by atoms with E-state index < -0.39 is 0 Å². The first-order valence-electron chi connectivity index (χ1n) is 6.37. The number of nitrogens with one attached hydrogen (secondary N) is 1. The fourth-order valence-electron chi connectivity index (χ4n) is 2.18. The average molecular weight is 270 g/mol. The third-order valence-corrected chi connectivity index (χ3v) is 3.51. The van der Waals surface area contributed by atoms with Crippen molar-refractivity contribution >= 4 is 17.4 Å². The van der Waals surface area contributed by atoms with E-state index in [2.05, 4.69) is 22.1 Å². The van der Waals surface area contributed by atoms with Crippen LogP contribution < -0.4 is 10.2 Å². The fraction of sp³-hybridized carbons (Fsp3) is 0.615. The molecule has 0 aromatic carbocycles. The first kappa shape index (κ1) is 13.6. The molecule has 1 N–H and O–H groups in total. The molecule has 0 radical (unpaired) electrons. The molecule has 1 atom stereocenters. The zero-order chi connectivity index (χ0) is 13.0. The Morgan fingerprint density at radius 2 is 2.44 bits per heavy atom. The molecule has 1 unspecified atom stereocenters. The van der Waals surface area contributed by atoms with Gasteiger partial charge in [-0.15, -0.1) is 0 Å². The minimum atomic E-state index is 0.296. The maximum absolute atomic E-state index is 6.31. The average Bonchev–Trinajstić information content (AvgIpc) is 2.85. The highest BCUT2D eigenvalue weighted by molar-refractivity contribution is 6.33. The number of hydrogen-bond acceptors (Lipinski definition) is 4. The zero-order valence-electron chi connectivity index (χ0n) is 10.9. The minimum absolute atomic E-state index is 0.296. The van der Waals surface area contributed by atoms with E-state index in [9.17, 15) is 0 Å². The highest BCUT2D eigenvalue weighted by Crippen LogP contribution is 2.27. The van der Waals surface area contributed by atoms with Crippen LogP contribution in [0.4, 0.5) is 5.82 Å². The van der Waals surface area contributed by atoms with Crippen molar-refractivity contribution < 1.29 is 4.74 Å². The molecule has 2 rings (SSSR count). The number of methoxy groups -OCH3 is 1. The molecular weight excluding hydrogens is 250 g/mol. The van der Waals surface area contributed by atoms with Crippen LogP contribution in [0.3, 0.4) is 0 Å². The molecule has 1 aliphatic heterocycles. The second-order valence-electron chi connectivity index (χ2n) is 4.52. The first-order chi connectivity index (χ1) is 8.74. The number of rotatable bonds is 5. The number of aromatic nitrogens is 1. The van der Waals surface area contributed by atoms with Gasteiger partial charge in [-0.05, 0) is 24.6 Å². The van der Waals surface area contributed by atoms with Gasteiger partial charge in [0.15, 0.2) is 0 Å². The van der Waals surface area contributed by atoms with E-state index >= 15 is 0 Å². The number of anilines is 1. The molecule has 100 valence electrons. The monoisotopic (exact) mass is 269 g/mol. The van der Waals surface area contributed by atoms with Gasteiger partial charge in [-0.3, -0.25) is 0 Å². The van der Waals surface area contributed by atoms with Gasteiger partial charge >= 0.3 is 0 Å². The lowest BCUT2D eigenvalue weighted by molar-refractivity contribution is 0.121. The molecule has 0 bridgehead atoms. The van der Waals surface area contributed by atoms with Crippen LogP contribution >= 0.6 is 11.6 Å². The maximum atomic E-state index is 6.31. The molecule has 0 amide bonds. The molecule has 1 fully saturated rings. The van der Waals surface area contributed by atoms with Gasteiger partial charge in [0.25, 0.3) is 0 Å². The Kier molecular flexibility index (Phi) is 4.80. The zero-order valence-corrected chi connectivity index (χ0v) is 11.7. The number of hydrogen-bond donors (Lipinski definition) is 1. The van der Waals surface area contributed by atoms with E-state index in [1.807, 2.05) is 12.3 Å². The summed E-state index contributed by atoms with van der Waals surface area (Å²) in [6.07, 6.45) is 3.22. The summed E-state index contributed by atoms with van der Waals surface area (Å²) in [5.41, 5.74) is 1.12. The van der Waals surface area contributed by atoms with Crippen LogP contribution in [-0.2, 0) is 11.3 Å². The lowest BCUT2D eigenvalue weighted by Gasteiger charge is -2.18. The molecule has 2 heterocycles. The summed E-state index contributed by atoms with van der Waals surface area (Å²) in [6, 6.07) is 1.99. The number of halogens is 1. The molecule has 18 heavy (non-hydrogen) atoms. The van der Waals surface area contributed by atoms with Gasteiger partial charge in [-0.1, -0.05) is 18.5 Å². The summed E-state index contributed by atoms with van der Waals surface area (Å²) in [6.45, 7) is 5.66. The van der Waals surface area contributed by atoms with Gasteiger partial charge in [0.1, 0.15) is 5.82 Å². The Morgan fingerprint density at radius 1 is 1.61 bits per heavy atom. The predicted octanol–water partition coefficient (Wildman–Crippen LogP) is 2.07. The smallest absolute Gasteiger partial charge is 0.147 e. The Morgan fingerprint density at radius 3 is 3.06 bits per heavy atom. The minimum Gasteiger partial charge on any atom is -0.380 e. The summed E-state index contributed by atoms with van der Waals surface area (Å²) in [7, 11) is 1.75. The maximum Gasteiger partial charge on any atom is 0.147 e. The topological polar surface area (TPSA) is 37.4 Å². The van der Waals surface area contributed by atoms with Crippen LogP contribution in [-0.4, -0.2) is 37.8 Å². The lowest BCUT2D eigenvalue weighted by Crippen LogP contribution is -2.23. The van der Waals surface area contributed by atoms with E-state index in [1.54, 1.807) is 7.11 Å². The van der Waals surface area contributed by atoms with E-state index in [-0.39, 0.29) is 0 Å². The lowest BCUT2D eigenvalue weighted by atomic mass is 10.2. The Hall–Kier alpha value is -0.840. The van der Waals surface area contributed by atoms with E-state index in [0.717, 1.165) is 49.0 Å². The van der Waals surface area contributed by atoms with Crippen LogP contribution in [0.5, 0.6) is 0 Å². The Balaban J connectivity index is 2.05. The number of ether oxygens (including phenoxy) is 1. The summed E-state index contributed by atoms with van der Waals surface area (Å²) in [5, 5.41) is 3.99. The molecule has 0 spiro atoms. The van der Waals surface area contributed by atoms with E-state index in [0.29, 0.717) is 6.10 Å². The summed E-state index contributed by atoms with van der Waals surface area (Å²) >= 11 is 6.31. The second-order valence-corrected chi connectivity index (χ2v) is 4.93. The summed E-state index contributed by atoms with van der Waals surface area (Å²) in [5.74, 6) is 0.872. The van der Waals surface area contributed by atoms with Crippen molar-refractivity contribution in [2.24, 2.45) is 0 Å². The normalized spacial score (nSPS) is 19.5. The first-order valence-corrected chi connectivity index (χ1v) is 6.75. The molecule has 1 aliphatic rings. The van der Waals surface area contributed by atoms with Crippen LogP contribution in [0, 0.1) is 0 Å². The molecule has 5 heteroatoms. The molecular formula is C13H20ClN3O. The molecule has 0 aliphatic carbocycles. The molecule has 0 saturated carbocycles. The third-order valence-electron chi connectivity index (χ3n) is 3.24. The van der Waals surface area contributed by atoms with Gasteiger partial charge in [0.2, 0.25) is 0 Å². The van der Waals surface area contributed by atoms with Crippen LogP contribution in [0.25, 0.3) is 0 Å². The van der Waals surface area contributed by atoms with Gasteiger partial charge < -0.3 is 15.0 Å². The third kappa shape index (κ3) is 3.13. The van der Waals surface area contributed by atoms with Gasteiger partial charge in [-0.25, -0.2) is 4.98 Å². The van der Waals surface area contributed by atoms with Gasteiger partial charge in [-0.2, -0.15) is 0 Å². The van der Waals surface area contributed by atoms with Crippen molar-refractivity contribution in [1.29, 1.82) is 0 Å². The van der Waals surface area contributed by atoms with E-state index in [1.165, 1.54) is 0 Å². The molecule has 1 saturated heterocycles. The van der Waals surface area contributed by atoms with Crippen molar-refractivity contribution in [3.63, 3.8) is 0 Å². The largest absolute Gasteiger partial charge is 0.380 e.